The Hall–Kier alpha value is -1.39. The summed E-state index contributed by atoms with van der Waals surface area (Å²) in [7, 11) is 1.63. The fraction of sp³-hybridized carbons (Fsp3) is 0.611. The lowest BCUT2D eigenvalue weighted by molar-refractivity contribution is -0.135. The highest BCUT2D eigenvalue weighted by molar-refractivity contribution is 5.88. The number of hydrogen-bond acceptors (Lipinski definition) is 4. The molecule has 1 aromatic carbocycles. The van der Waals surface area contributed by atoms with Gasteiger partial charge in [0.1, 0.15) is 11.5 Å². The Kier molecular flexibility index (Phi) is 4.50. The van der Waals surface area contributed by atoms with Crippen molar-refractivity contribution in [2.24, 2.45) is 17.8 Å². The van der Waals surface area contributed by atoms with E-state index in [-0.39, 0.29) is 23.9 Å². The van der Waals surface area contributed by atoms with Gasteiger partial charge in [-0.15, -0.1) is 0 Å². The Labute approximate surface area is 131 Å². The van der Waals surface area contributed by atoms with Gasteiger partial charge in [-0.25, -0.2) is 0 Å². The topological polar surface area (TPSA) is 66.8 Å². The summed E-state index contributed by atoms with van der Waals surface area (Å²) in [4.78, 5) is 11.5. The molecule has 5 atom stereocenters. The van der Waals surface area contributed by atoms with Gasteiger partial charge in [-0.2, -0.15) is 0 Å². The molecule has 0 aliphatic heterocycles. The lowest BCUT2D eigenvalue weighted by atomic mass is 9.74. The summed E-state index contributed by atoms with van der Waals surface area (Å²) < 4.78 is 5.12. The zero-order chi connectivity index (χ0) is 15.7. The van der Waals surface area contributed by atoms with Gasteiger partial charge in [-0.3, -0.25) is 4.79 Å². The minimum Gasteiger partial charge on any atom is -0.497 e. The van der Waals surface area contributed by atoms with Crippen LogP contribution in [0.5, 0.6) is 5.75 Å². The minimum atomic E-state index is -0.408. The first-order valence-corrected chi connectivity index (χ1v) is 8.10. The molecule has 2 fully saturated rings. The van der Waals surface area contributed by atoms with E-state index >= 15 is 0 Å². The van der Waals surface area contributed by atoms with Gasteiger partial charge in [0.25, 0.3) is 0 Å². The molecule has 2 aliphatic rings. The van der Waals surface area contributed by atoms with Gasteiger partial charge < -0.3 is 14.9 Å². The molecule has 0 radical (unpaired) electrons. The second-order valence-electron chi connectivity index (χ2n) is 6.71. The van der Waals surface area contributed by atoms with Gasteiger partial charge in [0, 0.05) is 18.3 Å². The van der Waals surface area contributed by atoms with Crippen LogP contribution < -0.4 is 4.74 Å². The summed E-state index contributed by atoms with van der Waals surface area (Å²) in [5.74, 6) is 1.58. The average Bonchev–Trinajstić information content (AvgIpc) is 2.77. The van der Waals surface area contributed by atoms with E-state index in [0.717, 1.165) is 24.2 Å². The molecule has 0 amide bonds. The highest BCUT2D eigenvalue weighted by Crippen LogP contribution is 2.48. The number of ketones is 1. The predicted molar refractivity (Wildman–Crippen MR) is 82.7 cm³/mol. The van der Waals surface area contributed by atoms with Crippen molar-refractivity contribution < 1.29 is 19.7 Å². The van der Waals surface area contributed by atoms with E-state index in [4.69, 9.17) is 4.74 Å². The molecule has 22 heavy (non-hydrogen) atoms. The van der Waals surface area contributed by atoms with Crippen LogP contribution in [0.25, 0.3) is 0 Å². The second kappa shape index (κ2) is 6.39. The molecule has 3 rings (SSSR count). The summed E-state index contributed by atoms with van der Waals surface area (Å²) >= 11 is 0. The summed E-state index contributed by atoms with van der Waals surface area (Å²) in [5.41, 5.74) is 1.08. The van der Waals surface area contributed by atoms with Crippen molar-refractivity contribution in [1.29, 1.82) is 0 Å². The lowest BCUT2D eigenvalue weighted by Crippen LogP contribution is -2.38. The van der Waals surface area contributed by atoms with Crippen LogP contribution in [0, 0.1) is 17.8 Å². The monoisotopic (exact) mass is 304 g/mol. The molecule has 0 aromatic heterocycles. The van der Waals surface area contributed by atoms with Crippen LogP contribution >= 0.6 is 0 Å². The van der Waals surface area contributed by atoms with E-state index in [9.17, 15) is 15.0 Å². The van der Waals surface area contributed by atoms with Gasteiger partial charge >= 0.3 is 0 Å². The molecule has 120 valence electrons. The molecule has 0 bridgehead atoms. The Morgan fingerprint density at radius 3 is 2.64 bits per heavy atom. The number of carbonyl (C=O) groups excluding carboxylic acids is 1. The number of ether oxygens (including phenoxy) is 1. The second-order valence-corrected chi connectivity index (χ2v) is 6.71. The van der Waals surface area contributed by atoms with Gasteiger partial charge in [0.15, 0.2) is 0 Å². The van der Waals surface area contributed by atoms with E-state index in [1.54, 1.807) is 7.11 Å². The number of hydrogen-bond donors (Lipinski definition) is 2. The summed E-state index contributed by atoms with van der Waals surface area (Å²) in [6.07, 6.45) is 2.67. The zero-order valence-electron chi connectivity index (χ0n) is 12.9. The predicted octanol–water partition coefficient (Wildman–Crippen LogP) is 1.96. The van der Waals surface area contributed by atoms with Crippen LogP contribution in [-0.2, 0) is 11.2 Å². The van der Waals surface area contributed by atoms with Gasteiger partial charge in [0.05, 0.1) is 19.3 Å². The summed E-state index contributed by atoms with van der Waals surface area (Å²) in [6.45, 7) is 0. The van der Waals surface area contributed by atoms with Crippen LogP contribution in [0.4, 0.5) is 0 Å². The van der Waals surface area contributed by atoms with Gasteiger partial charge in [0.2, 0.25) is 0 Å². The summed E-state index contributed by atoms with van der Waals surface area (Å²) in [5, 5.41) is 20.4. The quantitative estimate of drug-likeness (QED) is 0.843. The van der Waals surface area contributed by atoms with E-state index in [1.807, 2.05) is 24.3 Å². The number of fused-ring (bicyclic) bond motifs is 1. The lowest BCUT2D eigenvalue weighted by Gasteiger charge is -2.30. The van der Waals surface area contributed by atoms with E-state index < -0.39 is 6.10 Å². The third kappa shape index (κ3) is 3.03. The van der Waals surface area contributed by atoms with Crippen LogP contribution in [0.3, 0.4) is 0 Å². The van der Waals surface area contributed by atoms with E-state index in [1.165, 1.54) is 0 Å². The number of benzene rings is 1. The maximum absolute atomic E-state index is 11.5. The Bertz CT molecular complexity index is 524. The highest BCUT2D eigenvalue weighted by atomic mass is 16.5. The minimum absolute atomic E-state index is 0.0960. The summed E-state index contributed by atoms with van der Waals surface area (Å²) in [6, 6.07) is 7.72. The number of aliphatic hydroxyl groups excluding tert-OH is 2. The zero-order valence-corrected chi connectivity index (χ0v) is 12.9. The molecule has 0 spiro atoms. The van der Waals surface area contributed by atoms with E-state index in [2.05, 4.69) is 0 Å². The molecule has 4 nitrogen and oxygen atoms in total. The van der Waals surface area contributed by atoms with Crippen molar-refractivity contribution in [2.75, 3.05) is 7.11 Å². The standard InChI is InChI=1S/C18H24O4/c1-22-14-6-2-11(3-7-14)8-13(19)5-4-12-9-15-16(18(12)21)10-17(15)20/h2-3,6-7,12-13,15-16,18-19,21H,4-5,8-10H2,1H3. The van der Waals surface area contributed by atoms with Crippen molar-refractivity contribution in [3.8, 4) is 5.75 Å². The Morgan fingerprint density at radius 1 is 1.32 bits per heavy atom. The normalized spacial score (nSPS) is 31.5. The first-order chi connectivity index (χ1) is 10.6. The third-order valence-corrected chi connectivity index (χ3v) is 5.35. The maximum atomic E-state index is 11.5. The smallest absolute Gasteiger partial charge is 0.136 e. The van der Waals surface area contributed by atoms with Crippen LogP contribution in [0.2, 0.25) is 0 Å². The molecule has 5 unspecified atom stereocenters. The van der Waals surface area contributed by atoms with E-state index in [0.29, 0.717) is 25.0 Å². The van der Waals surface area contributed by atoms with Gasteiger partial charge in [-0.05, 0) is 49.3 Å². The van der Waals surface area contributed by atoms with Crippen LogP contribution in [0.1, 0.15) is 31.2 Å². The average molecular weight is 304 g/mol. The van der Waals surface area contributed by atoms with Crippen molar-refractivity contribution in [1.82, 2.24) is 0 Å². The fourth-order valence-corrected chi connectivity index (χ4v) is 3.92. The molecule has 2 aliphatic carbocycles. The van der Waals surface area contributed by atoms with Crippen LogP contribution in [-0.4, -0.2) is 35.3 Å². The molecule has 1 aromatic rings. The SMILES string of the molecule is COc1ccc(CC(O)CCC2CC3C(=O)CC3C2O)cc1. The van der Waals surface area contributed by atoms with Crippen LogP contribution in [0.15, 0.2) is 24.3 Å². The number of aliphatic hydroxyl groups is 2. The molecule has 2 N–H and O–H groups in total. The van der Waals surface area contributed by atoms with Crippen molar-refractivity contribution in [2.45, 2.75) is 44.3 Å². The maximum Gasteiger partial charge on any atom is 0.136 e. The Balaban J connectivity index is 1.46. The molecule has 2 saturated carbocycles. The molecule has 4 heteroatoms. The van der Waals surface area contributed by atoms with Crippen molar-refractivity contribution >= 4 is 5.78 Å². The molecule has 0 heterocycles. The number of carbonyl (C=O) groups is 1. The highest BCUT2D eigenvalue weighted by Gasteiger charge is 2.52. The first-order valence-electron chi connectivity index (χ1n) is 8.10. The van der Waals surface area contributed by atoms with Crippen molar-refractivity contribution in [3.05, 3.63) is 29.8 Å². The Morgan fingerprint density at radius 2 is 2.05 bits per heavy atom. The number of methoxy groups -OCH3 is 1. The molecule has 0 saturated heterocycles. The fourth-order valence-electron chi connectivity index (χ4n) is 3.92. The largest absolute Gasteiger partial charge is 0.497 e. The molecular weight excluding hydrogens is 280 g/mol. The van der Waals surface area contributed by atoms with Gasteiger partial charge in [-0.1, -0.05) is 12.1 Å². The third-order valence-electron chi connectivity index (χ3n) is 5.35. The first kappa shape index (κ1) is 15.5. The number of Topliss-reactive ketones (excluding diaryl/α,β-unsaturated/α-hetero) is 1. The molecular formula is C18H24O4. The van der Waals surface area contributed by atoms with Crippen molar-refractivity contribution in [3.63, 3.8) is 0 Å². The number of rotatable bonds is 6.